The number of benzene rings is 1. The Hall–Kier alpha value is -1.33. The number of hydrogen-bond donors (Lipinski definition) is 1. The zero-order valence-electron chi connectivity index (χ0n) is 11.3. The Morgan fingerprint density at radius 2 is 2.20 bits per heavy atom. The van der Waals surface area contributed by atoms with Crippen molar-refractivity contribution in [3.63, 3.8) is 0 Å². The molecule has 1 heterocycles. The molecular formula is C15H18N2OS2. The Morgan fingerprint density at radius 1 is 1.45 bits per heavy atom. The Bertz CT molecular complexity index is 516. The third-order valence-corrected chi connectivity index (χ3v) is 4.68. The van der Waals surface area contributed by atoms with E-state index in [1.54, 1.807) is 6.08 Å². The second-order valence-corrected chi connectivity index (χ2v) is 6.20. The van der Waals surface area contributed by atoms with Crippen molar-refractivity contribution >= 4 is 34.2 Å². The highest BCUT2D eigenvalue weighted by atomic mass is 32.2. The zero-order chi connectivity index (χ0) is 14.4. The zero-order valence-corrected chi connectivity index (χ0v) is 12.9. The highest BCUT2D eigenvalue weighted by Crippen LogP contribution is 2.21. The molecule has 0 aromatic heterocycles. The van der Waals surface area contributed by atoms with Gasteiger partial charge in [-0.2, -0.15) is 0 Å². The first-order chi connectivity index (χ1) is 9.70. The summed E-state index contributed by atoms with van der Waals surface area (Å²) in [6.45, 7) is 5.84. The summed E-state index contributed by atoms with van der Waals surface area (Å²) < 4.78 is 0.799. The second-order valence-electron chi connectivity index (χ2n) is 4.59. The monoisotopic (exact) mass is 306 g/mol. The van der Waals surface area contributed by atoms with Gasteiger partial charge < -0.3 is 10.2 Å². The number of hydrogen-bond acceptors (Lipinski definition) is 3. The van der Waals surface area contributed by atoms with Crippen molar-refractivity contribution in [2.75, 3.05) is 18.8 Å². The first-order valence-corrected chi connectivity index (χ1v) is 7.96. The van der Waals surface area contributed by atoms with Crippen molar-refractivity contribution in [1.29, 1.82) is 0 Å². The van der Waals surface area contributed by atoms with Crippen LogP contribution in [0.3, 0.4) is 0 Å². The first kappa shape index (κ1) is 15.1. The lowest BCUT2D eigenvalue weighted by Crippen LogP contribution is -2.34. The minimum absolute atomic E-state index is 0.00494. The number of thioether (sulfide) groups is 1. The van der Waals surface area contributed by atoms with Crippen LogP contribution >= 0.6 is 24.0 Å². The molecule has 1 aliphatic rings. The van der Waals surface area contributed by atoms with Crippen LogP contribution in [0, 0.1) is 0 Å². The molecule has 0 bridgehead atoms. The molecule has 0 atom stereocenters. The predicted molar refractivity (Wildman–Crippen MR) is 88.8 cm³/mol. The van der Waals surface area contributed by atoms with Crippen LogP contribution in [0.4, 0.5) is 0 Å². The normalized spacial score (nSPS) is 13.5. The fourth-order valence-electron chi connectivity index (χ4n) is 2.11. The van der Waals surface area contributed by atoms with Crippen LogP contribution in [0.25, 0.3) is 0 Å². The third-order valence-electron chi connectivity index (χ3n) is 3.16. The topological polar surface area (TPSA) is 32.3 Å². The Balaban J connectivity index is 1.83. The molecule has 1 aromatic carbocycles. The molecule has 1 aliphatic heterocycles. The van der Waals surface area contributed by atoms with Gasteiger partial charge in [-0.1, -0.05) is 54.3 Å². The van der Waals surface area contributed by atoms with Gasteiger partial charge in [0.05, 0.1) is 5.75 Å². The fraction of sp³-hybridized carbons (Fsp3) is 0.333. The van der Waals surface area contributed by atoms with Gasteiger partial charge in [0.2, 0.25) is 5.91 Å². The van der Waals surface area contributed by atoms with Gasteiger partial charge in [-0.05, 0) is 17.5 Å². The number of fused-ring (bicyclic) bond motifs is 1. The standard InChI is InChI=1S/C15H18N2OS2/c1-2-8-16-14(18)11-20-15(19)17-9-7-12-5-3-4-6-13(12)10-17/h2-6H,1,7-11H2,(H,16,18). The minimum atomic E-state index is -0.00494. The van der Waals surface area contributed by atoms with E-state index in [1.165, 1.54) is 22.9 Å². The van der Waals surface area contributed by atoms with E-state index in [-0.39, 0.29) is 5.91 Å². The summed E-state index contributed by atoms with van der Waals surface area (Å²) in [5.41, 5.74) is 2.73. The molecule has 106 valence electrons. The molecule has 1 N–H and O–H groups in total. The molecule has 0 fully saturated rings. The summed E-state index contributed by atoms with van der Waals surface area (Å²) in [5, 5.41) is 2.75. The van der Waals surface area contributed by atoms with Crippen molar-refractivity contribution in [2.24, 2.45) is 0 Å². The van der Waals surface area contributed by atoms with Gasteiger partial charge in [0.25, 0.3) is 0 Å². The van der Waals surface area contributed by atoms with Gasteiger partial charge in [0.15, 0.2) is 0 Å². The summed E-state index contributed by atoms with van der Waals surface area (Å²) in [6, 6.07) is 8.45. The lowest BCUT2D eigenvalue weighted by Gasteiger charge is -2.30. The van der Waals surface area contributed by atoms with Gasteiger partial charge in [-0.3, -0.25) is 4.79 Å². The van der Waals surface area contributed by atoms with Crippen LogP contribution < -0.4 is 5.32 Å². The average Bonchev–Trinajstić information content (AvgIpc) is 2.50. The van der Waals surface area contributed by atoms with E-state index in [0.29, 0.717) is 12.3 Å². The molecule has 20 heavy (non-hydrogen) atoms. The van der Waals surface area contributed by atoms with Crippen molar-refractivity contribution in [3.8, 4) is 0 Å². The number of amides is 1. The van der Waals surface area contributed by atoms with Crippen LogP contribution in [-0.4, -0.2) is 34.0 Å². The Labute approximate surface area is 129 Å². The molecule has 2 rings (SSSR count). The molecule has 0 saturated heterocycles. The Morgan fingerprint density at radius 3 is 2.95 bits per heavy atom. The number of thiocarbonyl (C=S) groups is 1. The summed E-state index contributed by atoms with van der Waals surface area (Å²) in [4.78, 5) is 13.7. The molecule has 3 nitrogen and oxygen atoms in total. The van der Waals surface area contributed by atoms with Gasteiger partial charge >= 0.3 is 0 Å². The number of nitrogens with one attached hydrogen (secondary N) is 1. The number of carbonyl (C=O) groups excluding carboxylic acids is 1. The molecule has 1 aromatic rings. The van der Waals surface area contributed by atoms with Crippen molar-refractivity contribution in [2.45, 2.75) is 13.0 Å². The van der Waals surface area contributed by atoms with Gasteiger partial charge in [-0.15, -0.1) is 6.58 Å². The van der Waals surface area contributed by atoms with Crippen LogP contribution in [0.5, 0.6) is 0 Å². The minimum Gasteiger partial charge on any atom is -0.353 e. The smallest absolute Gasteiger partial charge is 0.230 e. The first-order valence-electron chi connectivity index (χ1n) is 6.57. The van der Waals surface area contributed by atoms with E-state index in [1.807, 2.05) is 0 Å². The number of nitrogens with zero attached hydrogens (tertiary/aromatic N) is 1. The second kappa shape index (κ2) is 7.45. The highest BCUT2D eigenvalue weighted by Gasteiger charge is 2.18. The molecule has 5 heteroatoms. The van der Waals surface area contributed by atoms with Crippen molar-refractivity contribution < 1.29 is 4.79 Å². The largest absolute Gasteiger partial charge is 0.353 e. The summed E-state index contributed by atoms with van der Waals surface area (Å²) >= 11 is 6.85. The van der Waals surface area contributed by atoms with Gasteiger partial charge in [0, 0.05) is 19.6 Å². The van der Waals surface area contributed by atoms with Crippen molar-refractivity contribution in [1.82, 2.24) is 10.2 Å². The van der Waals surface area contributed by atoms with E-state index in [2.05, 4.69) is 41.1 Å². The molecule has 0 saturated carbocycles. The number of carbonyl (C=O) groups is 1. The molecular weight excluding hydrogens is 288 g/mol. The van der Waals surface area contributed by atoms with E-state index in [0.717, 1.165) is 23.8 Å². The summed E-state index contributed by atoms with van der Waals surface area (Å²) in [7, 11) is 0. The van der Waals surface area contributed by atoms with Gasteiger partial charge in [-0.25, -0.2) is 0 Å². The molecule has 1 amide bonds. The van der Waals surface area contributed by atoms with E-state index >= 15 is 0 Å². The third kappa shape index (κ3) is 4.08. The van der Waals surface area contributed by atoms with Gasteiger partial charge in [0.1, 0.15) is 4.32 Å². The maximum absolute atomic E-state index is 11.5. The molecule has 0 spiro atoms. The SMILES string of the molecule is C=CCNC(=O)CSC(=S)N1CCc2ccccc2C1. The van der Waals surface area contributed by atoms with Crippen LogP contribution in [0.2, 0.25) is 0 Å². The van der Waals surface area contributed by atoms with E-state index < -0.39 is 0 Å². The summed E-state index contributed by atoms with van der Waals surface area (Å²) in [5.74, 6) is 0.361. The van der Waals surface area contributed by atoms with E-state index in [9.17, 15) is 4.79 Å². The fourth-order valence-corrected chi connectivity index (χ4v) is 3.13. The molecule has 0 aliphatic carbocycles. The highest BCUT2D eigenvalue weighted by molar-refractivity contribution is 8.23. The lowest BCUT2D eigenvalue weighted by molar-refractivity contribution is -0.118. The molecule has 0 unspecified atom stereocenters. The molecule has 0 radical (unpaired) electrons. The maximum atomic E-state index is 11.5. The summed E-state index contributed by atoms with van der Waals surface area (Å²) in [6.07, 6.45) is 2.68. The lowest BCUT2D eigenvalue weighted by atomic mass is 10.0. The van der Waals surface area contributed by atoms with Crippen LogP contribution in [0.15, 0.2) is 36.9 Å². The Kier molecular flexibility index (Phi) is 5.61. The quantitative estimate of drug-likeness (QED) is 0.684. The van der Waals surface area contributed by atoms with Crippen LogP contribution in [0.1, 0.15) is 11.1 Å². The van der Waals surface area contributed by atoms with Crippen molar-refractivity contribution in [3.05, 3.63) is 48.0 Å². The van der Waals surface area contributed by atoms with Crippen LogP contribution in [-0.2, 0) is 17.8 Å². The predicted octanol–water partition coefficient (Wildman–Crippen LogP) is 2.37. The maximum Gasteiger partial charge on any atom is 0.230 e. The van der Waals surface area contributed by atoms with E-state index in [4.69, 9.17) is 12.2 Å². The average molecular weight is 306 g/mol. The number of rotatable bonds is 4.